The number of piperazine rings is 1. The maximum Gasteiger partial charge on any atom is 0.0253 e. The van der Waals surface area contributed by atoms with Crippen LogP contribution in [0.5, 0.6) is 0 Å². The summed E-state index contributed by atoms with van der Waals surface area (Å²) in [6, 6.07) is 10.4. The Morgan fingerprint density at radius 3 is 2.57 bits per heavy atom. The molecule has 1 aromatic rings. The molecule has 2 aliphatic rings. The Bertz CT molecular complexity index is 439. The molecule has 0 spiro atoms. The highest BCUT2D eigenvalue weighted by Gasteiger charge is 2.32. The Kier molecular flexibility index (Phi) is 5.57. The number of rotatable bonds is 3. The van der Waals surface area contributed by atoms with Crippen LogP contribution in [0.15, 0.2) is 24.3 Å². The molecule has 1 N–H and O–H groups in total. The van der Waals surface area contributed by atoms with Crippen LogP contribution < -0.4 is 5.32 Å². The fourth-order valence-corrected chi connectivity index (χ4v) is 4.35. The van der Waals surface area contributed by atoms with Crippen LogP contribution in [-0.4, -0.2) is 30.1 Å². The van der Waals surface area contributed by atoms with Crippen molar-refractivity contribution in [2.24, 2.45) is 5.92 Å². The highest BCUT2D eigenvalue weighted by atomic mass is 127. The van der Waals surface area contributed by atoms with Gasteiger partial charge in [0.2, 0.25) is 0 Å². The Balaban J connectivity index is 1.69. The standard InChI is InChI=1S/C18H27IN2/c1-14-12-21(13-15-7-9-17(19)10-8-15)18(11-20-14)16-5-3-2-4-6-16/h7-10,14,16,18,20H,2-6,11-13H2,1H3. The summed E-state index contributed by atoms with van der Waals surface area (Å²) in [7, 11) is 0. The monoisotopic (exact) mass is 398 g/mol. The van der Waals surface area contributed by atoms with Crippen LogP contribution in [0.2, 0.25) is 0 Å². The molecule has 2 nitrogen and oxygen atoms in total. The van der Waals surface area contributed by atoms with E-state index in [-0.39, 0.29) is 0 Å². The fraction of sp³-hybridized carbons (Fsp3) is 0.667. The van der Waals surface area contributed by atoms with Crippen LogP contribution >= 0.6 is 22.6 Å². The molecule has 2 atom stereocenters. The van der Waals surface area contributed by atoms with E-state index in [0.29, 0.717) is 6.04 Å². The van der Waals surface area contributed by atoms with E-state index < -0.39 is 0 Å². The van der Waals surface area contributed by atoms with Gasteiger partial charge in [-0.25, -0.2) is 0 Å². The first-order valence-corrected chi connectivity index (χ1v) is 9.52. The summed E-state index contributed by atoms with van der Waals surface area (Å²) in [6.07, 6.45) is 7.19. The average Bonchev–Trinajstić information content (AvgIpc) is 2.51. The highest BCUT2D eigenvalue weighted by Crippen LogP contribution is 2.31. The minimum Gasteiger partial charge on any atom is -0.311 e. The van der Waals surface area contributed by atoms with Gasteiger partial charge < -0.3 is 5.32 Å². The van der Waals surface area contributed by atoms with Crippen molar-refractivity contribution >= 4 is 22.6 Å². The van der Waals surface area contributed by atoms with Gasteiger partial charge in [-0.15, -0.1) is 0 Å². The molecular weight excluding hydrogens is 371 g/mol. The number of benzene rings is 1. The third-order valence-corrected chi connectivity index (χ3v) is 5.86. The SMILES string of the molecule is CC1CN(Cc2ccc(I)cc2)C(C2CCCCC2)CN1. The zero-order valence-electron chi connectivity index (χ0n) is 13.0. The van der Waals surface area contributed by atoms with Crippen LogP contribution in [0.25, 0.3) is 0 Å². The number of hydrogen-bond acceptors (Lipinski definition) is 2. The molecule has 21 heavy (non-hydrogen) atoms. The van der Waals surface area contributed by atoms with Crippen molar-refractivity contribution in [3.8, 4) is 0 Å². The smallest absolute Gasteiger partial charge is 0.0253 e. The van der Waals surface area contributed by atoms with Gasteiger partial charge in [0, 0.05) is 35.3 Å². The molecule has 0 aromatic heterocycles. The van der Waals surface area contributed by atoms with Crippen LogP contribution in [0.4, 0.5) is 0 Å². The molecule has 1 aliphatic carbocycles. The summed E-state index contributed by atoms with van der Waals surface area (Å²) < 4.78 is 1.33. The summed E-state index contributed by atoms with van der Waals surface area (Å²) in [5.74, 6) is 0.905. The van der Waals surface area contributed by atoms with E-state index in [2.05, 4.69) is 64.0 Å². The lowest BCUT2D eigenvalue weighted by molar-refractivity contribution is 0.0689. The van der Waals surface area contributed by atoms with Crippen molar-refractivity contribution in [3.63, 3.8) is 0 Å². The van der Waals surface area contributed by atoms with Gasteiger partial charge in [0.05, 0.1) is 0 Å². The van der Waals surface area contributed by atoms with Crippen molar-refractivity contribution < 1.29 is 0 Å². The Morgan fingerprint density at radius 1 is 1.14 bits per heavy atom. The predicted octanol–water partition coefficient (Wildman–Crippen LogP) is 4.03. The van der Waals surface area contributed by atoms with E-state index in [4.69, 9.17) is 0 Å². The molecule has 0 bridgehead atoms. The Labute approximate surface area is 142 Å². The Hall–Kier alpha value is -0.130. The second-order valence-electron chi connectivity index (χ2n) is 6.83. The normalized spacial score (nSPS) is 28.7. The highest BCUT2D eigenvalue weighted by molar-refractivity contribution is 14.1. The van der Waals surface area contributed by atoms with Crippen molar-refractivity contribution in [1.82, 2.24) is 10.2 Å². The van der Waals surface area contributed by atoms with Gasteiger partial charge in [-0.2, -0.15) is 0 Å². The van der Waals surface area contributed by atoms with E-state index in [1.54, 1.807) is 0 Å². The molecule has 0 radical (unpaired) electrons. The van der Waals surface area contributed by atoms with Crippen LogP contribution in [0.1, 0.15) is 44.6 Å². The quantitative estimate of drug-likeness (QED) is 0.774. The van der Waals surface area contributed by atoms with Gasteiger partial charge in [0.25, 0.3) is 0 Å². The van der Waals surface area contributed by atoms with Gasteiger partial charge in [0.1, 0.15) is 0 Å². The van der Waals surface area contributed by atoms with Crippen molar-refractivity contribution in [2.45, 2.75) is 57.7 Å². The summed E-state index contributed by atoms with van der Waals surface area (Å²) in [5, 5.41) is 3.71. The predicted molar refractivity (Wildman–Crippen MR) is 97.4 cm³/mol. The minimum absolute atomic E-state index is 0.619. The van der Waals surface area contributed by atoms with Gasteiger partial charge >= 0.3 is 0 Å². The number of nitrogens with zero attached hydrogens (tertiary/aromatic N) is 1. The second kappa shape index (κ2) is 7.42. The number of hydrogen-bond donors (Lipinski definition) is 1. The first kappa shape index (κ1) is 15.8. The third-order valence-electron chi connectivity index (χ3n) is 5.15. The van der Waals surface area contributed by atoms with Crippen LogP contribution in [-0.2, 0) is 6.54 Å². The Morgan fingerprint density at radius 2 is 1.86 bits per heavy atom. The van der Waals surface area contributed by atoms with Gasteiger partial charge in [-0.1, -0.05) is 31.4 Å². The van der Waals surface area contributed by atoms with E-state index in [0.717, 1.165) is 18.5 Å². The van der Waals surface area contributed by atoms with Crippen molar-refractivity contribution in [2.75, 3.05) is 13.1 Å². The van der Waals surface area contributed by atoms with Crippen LogP contribution in [0, 0.1) is 9.49 Å². The fourth-order valence-electron chi connectivity index (χ4n) is 3.99. The van der Waals surface area contributed by atoms with Gasteiger partial charge in [-0.3, -0.25) is 4.90 Å². The maximum absolute atomic E-state index is 3.71. The molecule has 3 heteroatoms. The van der Waals surface area contributed by atoms with Crippen molar-refractivity contribution in [1.29, 1.82) is 0 Å². The molecule has 2 fully saturated rings. The van der Waals surface area contributed by atoms with Gasteiger partial charge in [-0.05, 0) is 66.0 Å². The lowest BCUT2D eigenvalue weighted by Crippen LogP contribution is -2.57. The van der Waals surface area contributed by atoms with E-state index in [1.165, 1.54) is 54.3 Å². The summed E-state index contributed by atoms with van der Waals surface area (Å²) in [4.78, 5) is 2.75. The van der Waals surface area contributed by atoms with E-state index in [1.807, 2.05) is 0 Å². The van der Waals surface area contributed by atoms with E-state index >= 15 is 0 Å². The molecule has 1 aromatic carbocycles. The van der Waals surface area contributed by atoms with Crippen molar-refractivity contribution in [3.05, 3.63) is 33.4 Å². The molecule has 1 saturated carbocycles. The molecule has 3 rings (SSSR count). The molecule has 1 saturated heterocycles. The first-order chi connectivity index (χ1) is 10.2. The summed E-state index contributed by atoms with van der Waals surface area (Å²) in [5.41, 5.74) is 1.46. The molecule has 1 aliphatic heterocycles. The average molecular weight is 398 g/mol. The molecule has 2 unspecified atom stereocenters. The zero-order valence-corrected chi connectivity index (χ0v) is 15.2. The second-order valence-corrected chi connectivity index (χ2v) is 8.08. The topological polar surface area (TPSA) is 15.3 Å². The zero-order chi connectivity index (χ0) is 14.7. The molecule has 116 valence electrons. The summed E-state index contributed by atoms with van der Waals surface area (Å²) >= 11 is 2.39. The molecular formula is C18H27IN2. The molecule has 1 heterocycles. The first-order valence-electron chi connectivity index (χ1n) is 8.44. The van der Waals surface area contributed by atoms with Gasteiger partial charge in [0.15, 0.2) is 0 Å². The minimum atomic E-state index is 0.619. The lowest BCUT2D eigenvalue weighted by Gasteiger charge is -2.44. The number of nitrogens with one attached hydrogen (secondary N) is 1. The summed E-state index contributed by atoms with van der Waals surface area (Å²) in [6.45, 7) is 5.80. The largest absolute Gasteiger partial charge is 0.311 e. The van der Waals surface area contributed by atoms with Crippen LogP contribution in [0.3, 0.4) is 0 Å². The third kappa shape index (κ3) is 4.20. The van der Waals surface area contributed by atoms with E-state index in [9.17, 15) is 0 Å². The maximum atomic E-state index is 3.71. The lowest BCUT2D eigenvalue weighted by atomic mass is 9.82. The molecule has 0 amide bonds. The number of halogens is 1.